The van der Waals surface area contributed by atoms with Gasteiger partial charge >= 0.3 is 0 Å². The Morgan fingerprint density at radius 2 is 1.56 bits per heavy atom. The molecule has 0 fully saturated rings. The van der Waals surface area contributed by atoms with Crippen LogP contribution >= 0.6 is 11.6 Å². The van der Waals surface area contributed by atoms with Crippen LogP contribution in [0.2, 0.25) is 5.02 Å². The Morgan fingerprint density at radius 1 is 0.944 bits per heavy atom. The van der Waals surface area contributed by atoms with Gasteiger partial charge in [-0.05, 0) is 47.5 Å². The Morgan fingerprint density at radius 3 is 2.14 bits per heavy atom. The number of rotatable bonds is 10. The minimum absolute atomic E-state index is 0.0144. The van der Waals surface area contributed by atoms with E-state index in [0.29, 0.717) is 10.6 Å². The van der Waals surface area contributed by atoms with Crippen LogP contribution in [0.25, 0.3) is 0 Å². The molecule has 190 valence electrons. The molecule has 1 N–H and O–H groups in total. The Labute approximate surface area is 215 Å². The molecule has 3 aromatic carbocycles. The Kier molecular flexibility index (Phi) is 9.19. The van der Waals surface area contributed by atoms with Crippen molar-refractivity contribution in [3.8, 4) is 0 Å². The van der Waals surface area contributed by atoms with Crippen molar-refractivity contribution in [1.82, 2.24) is 14.5 Å². The second kappa shape index (κ2) is 12.1. The van der Waals surface area contributed by atoms with Crippen molar-refractivity contribution < 1.29 is 22.4 Å². The molecule has 0 aromatic heterocycles. The molecule has 0 aliphatic rings. The summed E-state index contributed by atoms with van der Waals surface area (Å²) in [5.41, 5.74) is 1.42. The summed E-state index contributed by atoms with van der Waals surface area (Å²) in [4.78, 5) is 27.8. The highest BCUT2D eigenvalue weighted by atomic mass is 35.5. The van der Waals surface area contributed by atoms with Crippen molar-refractivity contribution in [2.75, 3.05) is 20.6 Å². The van der Waals surface area contributed by atoms with E-state index < -0.39 is 40.2 Å². The Balaban J connectivity index is 1.93. The molecule has 7 nitrogen and oxygen atoms in total. The Hall–Kier alpha value is -3.27. The van der Waals surface area contributed by atoms with Gasteiger partial charge in [-0.3, -0.25) is 9.59 Å². The molecule has 0 saturated heterocycles. The van der Waals surface area contributed by atoms with E-state index in [1.54, 1.807) is 0 Å². The Bertz CT molecular complexity index is 1290. The minimum atomic E-state index is -4.00. The van der Waals surface area contributed by atoms with Crippen LogP contribution in [0.1, 0.15) is 11.1 Å². The van der Waals surface area contributed by atoms with E-state index >= 15 is 0 Å². The minimum Gasteiger partial charge on any atom is -0.357 e. The number of likely N-dealkylation sites (N-methyl/N-ethyl adjacent to an activating group) is 2. The fourth-order valence-corrected chi connectivity index (χ4v) is 4.91. The van der Waals surface area contributed by atoms with Gasteiger partial charge in [0, 0.05) is 32.1 Å². The van der Waals surface area contributed by atoms with Gasteiger partial charge < -0.3 is 10.2 Å². The van der Waals surface area contributed by atoms with Gasteiger partial charge in [0.15, 0.2) is 0 Å². The van der Waals surface area contributed by atoms with Gasteiger partial charge in [0.05, 0.1) is 11.4 Å². The number of nitrogens with one attached hydrogen (secondary N) is 1. The van der Waals surface area contributed by atoms with E-state index in [4.69, 9.17) is 11.6 Å². The maximum Gasteiger partial charge on any atom is 0.243 e. The number of sulfonamides is 1. The number of carbonyl (C=O) groups excluding carboxylic acids is 2. The number of hydrogen-bond acceptors (Lipinski definition) is 4. The summed E-state index contributed by atoms with van der Waals surface area (Å²) in [6, 6.07) is 19.4. The second-order valence-corrected chi connectivity index (χ2v) is 10.7. The molecule has 0 spiro atoms. The molecule has 3 aromatic rings. The zero-order valence-corrected chi connectivity index (χ0v) is 21.5. The maximum absolute atomic E-state index is 13.6. The van der Waals surface area contributed by atoms with Crippen LogP contribution < -0.4 is 5.32 Å². The normalized spacial score (nSPS) is 12.2. The smallest absolute Gasteiger partial charge is 0.243 e. The maximum atomic E-state index is 13.6. The van der Waals surface area contributed by atoms with Crippen molar-refractivity contribution in [3.63, 3.8) is 0 Å². The lowest BCUT2D eigenvalue weighted by molar-refractivity contribution is -0.141. The summed E-state index contributed by atoms with van der Waals surface area (Å²) in [5, 5.41) is 2.98. The predicted molar refractivity (Wildman–Crippen MR) is 136 cm³/mol. The van der Waals surface area contributed by atoms with Gasteiger partial charge in [-0.1, -0.05) is 54.1 Å². The summed E-state index contributed by atoms with van der Waals surface area (Å²) in [5.74, 6) is -1.42. The molecule has 36 heavy (non-hydrogen) atoms. The highest BCUT2D eigenvalue weighted by Gasteiger charge is 2.32. The summed E-state index contributed by atoms with van der Waals surface area (Å²) in [6.45, 7) is -0.521. The molecule has 0 heterocycles. The van der Waals surface area contributed by atoms with E-state index in [1.807, 2.05) is 30.3 Å². The number of hydrogen-bond donors (Lipinski definition) is 1. The number of halogens is 2. The largest absolute Gasteiger partial charge is 0.357 e. The number of carbonyl (C=O) groups is 2. The lowest BCUT2D eigenvalue weighted by Crippen LogP contribution is -2.52. The molecule has 0 saturated carbocycles. The number of amides is 2. The monoisotopic (exact) mass is 531 g/mol. The van der Waals surface area contributed by atoms with E-state index in [0.717, 1.165) is 9.87 Å². The zero-order valence-electron chi connectivity index (χ0n) is 19.9. The molecule has 1 unspecified atom stereocenters. The van der Waals surface area contributed by atoms with Gasteiger partial charge in [0.25, 0.3) is 0 Å². The third-order valence-corrected chi connectivity index (χ3v) is 7.73. The van der Waals surface area contributed by atoms with E-state index in [1.165, 1.54) is 67.5 Å². The SMILES string of the molecule is CNC(=O)C(Cc1ccccc1)N(Cc1ccc(F)cc1)C(=O)CN(C)S(=O)(=O)c1ccc(Cl)cc1. The molecule has 0 bridgehead atoms. The summed E-state index contributed by atoms with van der Waals surface area (Å²) in [6.07, 6.45) is 0.209. The lowest BCUT2D eigenvalue weighted by Gasteiger charge is -2.32. The predicted octanol–water partition coefficient (Wildman–Crippen LogP) is 3.49. The average molecular weight is 532 g/mol. The van der Waals surface area contributed by atoms with E-state index in [2.05, 4.69) is 5.32 Å². The standard InChI is InChI=1S/C26H27ClFN3O4S/c1-29-26(33)24(16-19-6-4-3-5-7-19)31(17-20-8-12-22(28)13-9-20)25(32)18-30(2)36(34,35)23-14-10-21(27)11-15-23/h3-15,24H,16-18H2,1-2H3,(H,29,33). The number of nitrogens with zero attached hydrogens (tertiary/aromatic N) is 2. The van der Waals surface area contributed by atoms with Crippen molar-refractivity contribution in [2.45, 2.75) is 23.9 Å². The van der Waals surface area contributed by atoms with Crippen LogP contribution in [0.15, 0.2) is 83.8 Å². The van der Waals surface area contributed by atoms with Crippen molar-refractivity contribution in [1.29, 1.82) is 0 Å². The molecule has 0 aliphatic carbocycles. The third-order valence-electron chi connectivity index (χ3n) is 5.66. The molecule has 2 amide bonds. The second-order valence-electron chi connectivity index (χ2n) is 8.18. The quantitative estimate of drug-likeness (QED) is 0.434. The van der Waals surface area contributed by atoms with Crippen LogP contribution in [0.4, 0.5) is 4.39 Å². The van der Waals surface area contributed by atoms with Crippen LogP contribution in [0, 0.1) is 5.82 Å². The first-order chi connectivity index (χ1) is 17.1. The first kappa shape index (κ1) is 27.3. The van der Waals surface area contributed by atoms with Crippen LogP contribution in [0.5, 0.6) is 0 Å². The molecule has 0 radical (unpaired) electrons. The third kappa shape index (κ3) is 6.90. The molecule has 0 aliphatic heterocycles. The fourth-order valence-electron chi connectivity index (χ4n) is 3.66. The molecular weight excluding hydrogens is 505 g/mol. The first-order valence-corrected chi connectivity index (χ1v) is 12.9. The average Bonchev–Trinajstić information content (AvgIpc) is 2.87. The van der Waals surface area contributed by atoms with E-state index in [-0.39, 0.29) is 17.9 Å². The van der Waals surface area contributed by atoms with Gasteiger partial charge in [-0.15, -0.1) is 0 Å². The van der Waals surface area contributed by atoms with E-state index in [9.17, 15) is 22.4 Å². The molecule has 3 rings (SSSR count). The summed E-state index contributed by atoms with van der Waals surface area (Å²) >= 11 is 5.87. The van der Waals surface area contributed by atoms with Gasteiger partial charge in [0.1, 0.15) is 11.9 Å². The summed E-state index contributed by atoms with van der Waals surface area (Å²) in [7, 11) is -1.23. The van der Waals surface area contributed by atoms with Crippen molar-refractivity contribution >= 4 is 33.4 Å². The van der Waals surface area contributed by atoms with Gasteiger partial charge in [0.2, 0.25) is 21.8 Å². The highest BCUT2D eigenvalue weighted by molar-refractivity contribution is 7.89. The van der Waals surface area contributed by atoms with Crippen LogP contribution in [-0.4, -0.2) is 56.1 Å². The highest BCUT2D eigenvalue weighted by Crippen LogP contribution is 2.19. The fraction of sp³-hybridized carbons (Fsp3) is 0.231. The van der Waals surface area contributed by atoms with Crippen molar-refractivity contribution in [2.24, 2.45) is 0 Å². The zero-order chi connectivity index (χ0) is 26.3. The lowest BCUT2D eigenvalue weighted by atomic mass is 10.0. The molecular formula is C26H27ClFN3O4S. The van der Waals surface area contributed by atoms with Crippen LogP contribution in [-0.2, 0) is 32.6 Å². The van der Waals surface area contributed by atoms with Gasteiger partial charge in [-0.2, -0.15) is 4.31 Å². The first-order valence-electron chi connectivity index (χ1n) is 11.1. The molecule has 10 heteroatoms. The molecule has 1 atom stereocenters. The summed E-state index contributed by atoms with van der Waals surface area (Å²) < 4.78 is 40.5. The van der Waals surface area contributed by atoms with Gasteiger partial charge in [-0.25, -0.2) is 12.8 Å². The number of benzene rings is 3. The topological polar surface area (TPSA) is 86.8 Å². The van der Waals surface area contributed by atoms with Crippen LogP contribution in [0.3, 0.4) is 0 Å². The van der Waals surface area contributed by atoms with Crippen molar-refractivity contribution in [3.05, 3.63) is 101 Å².